The van der Waals surface area contributed by atoms with Gasteiger partial charge in [-0.3, -0.25) is 0 Å². The lowest BCUT2D eigenvalue weighted by atomic mass is 9.96. The fourth-order valence-corrected chi connectivity index (χ4v) is 6.30. The van der Waals surface area contributed by atoms with Crippen LogP contribution in [-0.2, 0) is 23.2 Å². The van der Waals surface area contributed by atoms with Crippen LogP contribution in [0.25, 0.3) is 0 Å². The Kier molecular flexibility index (Phi) is 6.79. The predicted octanol–water partition coefficient (Wildman–Crippen LogP) is 2.93. The molecule has 1 saturated heterocycles. The third kappa shape index (κ3) is 5.51. The van der Waals surface area contributed by atoms with Gasteiger partial charge in [0, 0.05) is 32.2 Å². The van der Waals surface area contributed by atoms with Crippen LogP contribution in [0, 0.1) is 5.92 Å². The average Bonchev–Trinajstić information content (AvgIpc) is 2.72. The summed E-state index contributed by atoms with van der Waals surface area (Å²) < 4.78 is 36.0. The molecule has 1 saturated carbocycles. The van der Waals surface area contributed by atoms with Gasteiger partial charge < -0.3 is 9.64 Å². The third-order valence-electron chi connectivity index (χ3n) is 6.70. The molecule has 1 N–H and O–H groups in total. The van der Waals surface area contributed by atoms with Crippen LogP contribution in [0.1, 0.15) is 56.1 Å². The quantitative estimate of drug-likeness (QED) is 0.767. The van der Waals surface area contributed by atoms with E-state index in [4.69, 9.17) is 4.74 Å². The number of hydrogen-bond acceptors (Lipinski definition) is 4. The van der Waals surface area contributed by atoms with E-state index >= 15 is 0 Å². The van der Waals surface area contributed by atoms with Gasteiger partial charge in [-0.05, 0) is 68.3 Å². The molecule has 4 rings (SSSR count). The second-order valence-corrected chi connectivity index (χ2v) is 10.7. The molecule has 2 fully saturated rings. The summed E-state index contributed by atoms with van der Waals surface area (Å²) in [5.74, 6) is 1.35. The van der Waals surface area contributed by atoms with Crippen LogP contribution in [0.4, 0.5) is 0 Å². The van der Waals surface area contributed by atoms with Crippen molar-refractivity contribution in [3.63, 3.8) is 0 Å². The Labute approximate surface area is 175 Å². The number of nitrogens with one attached hydrogen (secondary N) is 1. The van der Waals surface area contributed by atoms with Crippen LogP contribution in [-0.4, -0.2) is 57.0 Å². The number of rotatable bonds is 6. The maximum Gasteiger partial charge on any atom is 0.279 e. The minimum absolute atomic E-state index is 0.123. The lowest BCUT2D eigenvalue weighted by Gasteiger charge is -2.33. The molecule has 6 nitrogen and oxygen atoms in total. The van der Waals surface area contributed by atoms with Crippen LogP contribution in [0.3, 0.4) is 0 Å². The zero-order valence-electron chi connectivity index (χ0n) is 17.6. The normalized spacial score (nSPS) is 23.1. The SMILES string of the molecule is CN1CCc2ccc(OCC3CCN(S(=O)(=O)NC4CCCCC4)CC3)cc2C1. The van der Waals surface area contributed by atoms with E-state index in [2.05, 4.69) is 34.9 Å². The van der Waals surface area contributed by atoms with Gasteiger partial charge in [0.1, 0.15) is 5.75 Å². The monoisotopic (exact) mass is 421 g/mol. The van der Waals surface area contributed by atoms with Gasteiger partial charge in [0.25, 0.3) is 10.2 Å². The summed E-state index contributed by atoms with van der Waals surface area (Å²) in [6.07, 6.45) is 8.26. The molecule has 1 aromatic rings. The molecule has 2 aliphatic heterocycles. The number of hydrogen-bond donors (Lipinski definition) is 1. The summed E-state index contributed by atoms with van der Waals surface area (Å²) in [6, 6.07) is 6.58. The van der Waals surface area contributed by atoms with Crippen molar-refractivity contribution in [2.45, 2.75) is 64.0 Å². The maximum atomic E-state index is 12.7. The zero-order valence-corrected chi connectivity index (χ0v) is 18.4. The summed E-state index contributed by atoms with van der Waals surface area (Å²) in [5.41, 5.74) is 2.80. The van der Waals surface area contributed by atoms with E-state index in [9.17, 15) is 8.42 Å². The predicted molar refractivity (Wildman–Crippen MR) is 115 cm³/mol. The molecule has 0 unspecified atom stereocenters. The zero-order chi connectivity index (χ0) is 20.3. The summed E-state index contributed by atoms with van der Waals surface area (Å²) in [6.45, 7) is 3.94. The van der Waals surface area contributed by atoms with Gasteiger partial charge >= 0.3 is 0 Å². The smallest absolute Gasteiger partial charge is 0.279 e. The molecule has 1 aromatic carbocycles. The minimum Gasteiger partial charge on any atom is -0.493 e. The highest BCUT2D eigenvalue weighted by Gasteiger charge is 2.30. The van der Waals surface area contributed by atoms with Crippen LogP contribution in [0.5, 0.6) is 5.75 Å². The molecular weight excluding hydrogens is 386 g/mol. The van der Waals surface area contributed by atoms with Crippen LogP contribution < -0.4 is 9.46 Å². The van der Waals surface area contributed by atoms with Gasteiger partial charge in [-0.1, -0.05) is 25.3 Å². The van der Waals surface area contributed by atoms with Crippen molar-refractivity contribution in [2.24, 2.45) is 5.92 Å². The minimum atomic E-state index is -3.35. The van der Waals surface area contributed by atoms with E-state index in [1.165, 1.54) is 17.5 Å². The lowest BCUT2D eigenvalue weighted by molar-refractivity contribution is 0.183. The molecule has 0 spiro atoms. The Morgan fingerprint density at radius 2 is 1.79 bits per heavy atom. The number of nitrogens with zero attached hydrogens (tertiary/aromatic N) is 2. The molecule has 7 heteroatoms. The van der Waals surface area contributed by atoms with Gasteiger partial charge in [-0.15, -0.1) is 0 Å². The van der Waals surface area contributed by atoms with Crippen molar-refractivity contribution < 1.29 is 13.2 Å². The maximum absolute atomic E-state index is 12.7. The molecule has 162 valence electrons. The van der Waals surface area contributed by atoms with E-state index in [1.807, 2.05) is 0 Å². The Hall–Kier alpha value is -1.15. The van der Waals surface area contributed by atoms with Gasteiger partial charge in [-0.2, -0.15) is 17.4 Å². The lowest BCUT2D eigenvalue weighted by Crippen LogP contribution is -2.49. The number of ether oxygens (including phenoxy) is 1. The van der Waals surface area contributed by atoms with Crippen molar-refractivity contribution in [2.75, 3.05) is 33.3 Å². The van der Waals surface area contributed by atoms with Gasteiger partial charge in [0.05, 0.1) is 6.61 Å². The van der Waals surface area contributed by atoms with E-state index < -0.39 is 10.2 Å². The Balaban J connectivity index is 1.24. The topological polar surface area (TPSA) is 61.9 Å². The fraction of sp³-hybridized carbons (Fsp3) is 0.727. The standard InChI is InChI=1S/C22H35N3O3S/c1-24-12-11-19-7-8-22(15-20(19)16-24)28-17-18-9-13-25(14-10-18)29(26,27)23-21-5-3-2-4-6-21/h7-8,15,18,21,23H,2-6,9-14,16-17H2,1H3. The molecule has 0 aromatic heterocycles. The van der Waals surface area contributed by atoms with E-state index in [0.29, 0.717) is 25.6 Å². The number of benzene rings is 1. The highest BCUT2D eigenvalue weighted by atomic mass is 32.2. The Morgan fingerprint density at radius 3 is 2.55 bits per heavy atom. The number of likely N-dealkylation sites (N-methyl/N-ethyl adjacent to an activating group) is 1. The first-order valence-electron chi connectivity index (χ1n) is 11.2. The summed E-state index contributed by atoms with van der Waals surface area (Å²) in [4.78, 5) is 2.34. The Morgan fingerprint density at radius 1 is 1.03 bits per heavy atom. The first-order chi connectivity index (χ1) is 14.0. The second kappa shape index (κ2) is 9.33. The van der Waals surface area contributed by atoms with Crippen molar-refractivity contribution in [3.8, 4) is 5.75 Å². The molecule has 0 atom stereocenters. The highest BCUT2D eigenvalue weighted by Crippen LogP contribution is 2.26. The summed E-state index contributed by atoms with van der Waals surface area (Å²) >= 11 is 0. The molecule has 0 radical (unpaired) electrons. The van der Waals surface area contributed by atoms with Crippen molar-refractivity contribution in [1.29, 1.82) is 0 Å². The molecule has 29 heavy (non-hydrogen) atoms. The van der Waals surface area contributed by atoms with Crippen molar-refractivity contribution >= 4 is 10.2 Å². The molecular formula is C22H35N3O3S. The van der Waals surface area contributed by atoms with Gasteiger partial charge in [0.15, 0.2) is 0 Å². The van der Waals surface area contributed by atoms with Crippen LogP contribution >= 0.6 is 0 Å². The number of fused-ring (bicyclic) bond motifs is 1. The Bertz CT molecular complexity index is 784. The molecule has 2 heterocycles. The number of piperidine rings is 1. The van der Waals surface area contributed by atoms with E-state index in [0.717, 1.165) is 63.8 Å². The second-order valence-electron chi connectivity index (χ2n) is 9.03. The summed E-state index contributed by atoms with van der Waals surface area (Å²) in [5, 5.41) is 0. The first kappa shape index (κ1) is 21.1. The van der Waals surface area contributed by atoms with Gasteiger partial charge in [-0.25, -0.2) is 0 Å². The first-order valence-corrected chi connectivity index (χ1v) is 12.6. The molecule has 1 aliphatic carbocycles. The van der Waals surface area contributed by atoms with E-state index in [1.54, 1.807) is 4.31 Å². The highest BCUT2D eigenvalue weighted by molar-refractivity contribution is 7.87. The molecule has 3 aliphatic rings. The molecule has 0 bridgehead atoms. The van der Waals surface area contributed by atoms with Crippen LogP contribution in [0.15, 0.2) is 18.2 Å². The van der Waals surface area contributed by atoms with Crippen molar-refractivity contribution in [3.05, 3.63) is 29.3 Å². The van der Waals surface area contributed by atoms with Crippen molar-refractivity contribution in [1.82, 2.24) is 13.9 Å². The van der Waals surface area contributed by atoms with Gasteiger partial charge in [0.2, 0.25) is 0 Å². The van der Waals surface area contributed by atoms with Crippen LogP contribution in [0.2, 0.25) is 0 Å². The summed E-state index contributed by atoms with van der Waals surface area (Å²) in [7, 11) is -1.20. The fourth-order valence-electron chi connectivity index (χ4n) is 4.80. The third-order valence-corrected chi connectivity index (χ3v) is 8.38. The largest absolute Gasteiger partial charge is 0.493 e. The average molecular weight is 422 g/mol. The molecule has 0 amide bonds. The van der Waals surface area contributed by atoms with E-state index in [-0.39, 0.29) is 6.04 Å².